The highest BCUT2D eigenvalue weighted by Crippen LogP contribution is 2.41. The Hall–Kier alpha value is -1.56. The number of hydrogen-bond donors (Lipinski definition) is 2. The Bertz CT molecular complexity index is 716. The summed E-state index contributed by atoms with van der Waals surface area (Å²) in [5.41, 5.74) is 8.31. The van der Waals surface area contributed by atoms with Crippen molar-refractivity contribution in [3.8, 4) is 5.75 Å². The van der Waals surface area contributed by atoms with Crippen LogP contribution in [0, 0.1) is 0 Å². The van der Waals surface area contributed by atoms with Crippen LogP contribution in [0.1, 0.15) is 54.6 Å². The van der Waals surface area contributed by atoms with Gasteiger partial charge in [0, 0.05) is 36.2 Å². The average molecular weight is 397 g/mol. The molecule has 0 bridgehead atoms. The minimum absolute atomic E-state index is 0. The molecule has 2 aliphatic rings. The zero-order valence-electron chi connectivity index (χ0n) is 14.9. The number of nitrogens with two attached hydrogens (primary N) is 1. The number of halogens is 2. The lowest BCUT2D eigenvalue weighted by atomic mass is 9.78. The van der Waals surface area contributed by atoms with Crippen LogP contribution in [0.25, 0.3) is 0 Å². The van der Waals surface area contributed by atoms with Crippen molar-refractivity contribution in [3.63, 3.8) is 0 Å². The third kappa shape index (κ3) is 4.78. The van der Waals surface area contributed by atoms with Gasteiger partial charge in [-0.05, 0) is 43.4 Å². The standard InChI is InChI=1S/C19H24N4O.2ClH/c1-24-16-6-2-12(3-7-16)11-21-18-10-17(14-8-15(20)9-14)22-19(23-18)13-4-5-13;;/h2-3,6-7,10,13-15H,4-5,8-9,11,20H2,1H3,(H,21,22,23);2*1H. The predicted molar refractivity (Wildman–Crippen MR) is 109 cm³/mol. The van der Waals surface area contributed by atoms with Crippen LogP contribution in [0.4, 0.5) is 5.82 Å². The maximum atomic E-state index is 5.94. The molecule has 0 unspecified atom stereocenters. The molecule has 7 heteroatoms. The highest BCUT2D eigenvalue weighted by atomic mass is 35.5. The van der Waals surface area contributed by atoms with E-state index >= 15 is 0 Å². The minimum Gasteiger partial charge on any atom is -0.497 e. The Morgan fingerprint density at radius 2 is 1.77 bits per heavy atom. The predicted octanol–water partition coefficient (Wildman–Crippen LogP) is 4.02. The summed E-state index contributed by atoms with van der Waals surface area (Å²) in [6, 6.07) is 10.5. The molecular weight excluding hydrogens is 371 g/mol. The topological polar surface area (TPSA) is 73.1 Å². The van der Waals surface area contributed by atoms with Crippen LogP contribution in [0.15, 0.2) is 30.3 Å². The zero-order valence-corrected chi connectivity index (χ0v) is 16.5. The molecule has 4 rings (SSSR count). The van der Waals surface area contributed by atoms with E-state index in [0.717, 1.165) is 42.5 Å². The fourth-order valence-electron chi connectivity index (χ4n) is 3.15. The van der Waals surface area contributed by atoms with E-state index in [1.807, 2.05) is 12.1 Å². The molecule has 0 atom stereocenters. The number of ether oxygens (including phenoxy) is 1. The number of rotatable bonds is 6. The van der Waals surface area contributed by atoms with Crippen molar-refractivity contribution in [2.24, 2.45) is 5.73 Å². The minimum atomic E-state index is 0. The highest BCUT2D eigenvalue weighted by Gasteiger charge is 2.32. The first kappa shape index (κ1) is 20.7. The monoisotopic (exact) mass is 396 g/mol. The third-order valence-electron chi connectivity index (χ3n) is 4.93. The van der Waals surface area contributed by atoms with Crippen molar-refractivity contribution < 1.29 is 4.74 Å². The van der Waals surface area contributed by atoms with E-state index in [1.54, 1.807) is 7.11 Å². The van der Waals surface area contributed by atoms with Gasteiger partial charge in [-0.15, -0.1) is 24.8 Å². The average Bonchev–Trinajstić information content (AvgIpc) is 3.42. The van der Waals surface area contributed by atoms with Crippen LogP contribution in [-0.4, -0.2) is 23.1 Å². The molecule has 1 aromatic heterocycles. The zero-order chi connectivity index (χ0) is 16.5. The van der Waals surface area contributed by atoms with Gasteiger partial charge < -0.3 is 15.8 Å². The first-order chi connectivity index (χ1) is 11.7. The van der Waals surface area contributed by atoms with Gasteiger partial charge in [-0.2, -0.15) is 0 Å². The maximum absolute atomic E-state index is 5.94. The van der Waals surface area contributed by atoms with Crippen LogP contribution >= 0.6 is 24.8 Å². The second-order valence-electron chi connectivity index (χ2n) is 6.94. The summed E-state index contributed by atoms with van der Waals surface area (Å²) in [4.78, 5) is 9.53. The molecule has 0 amide bonds. The summed E-state index contributed by atoms with van der Waals surface area (Å²) < 4.78 is 5.20. The molecule has 0 saturated heterocycles. The summed E-state index contributed by atoms with van der Waals surface area (Å²) in [6.07, 6.45) is 4.51. The SMILES string of the molecule is COc1ccc(CNc2cc(C3CC(N)C3)nc(C3CC3)n2)cc1.Cl.Cl. The normalized spacial score (nSPS) is 21.0. The Morgan fingerprint density at radius 1 is 1.08 bits per heavy atom. The number of nitrogens with zero attached hydrogens (tertiary/aromatic N) is 2. The van der Waals surface area contributed by atoms with E-state index in [4.69, 9.17) is 20.4 Å². The van der Waals surface area contributed by atoms with Crippen molar-refractivity contribution in [1.82, 2.24) is 9.97 Å². The molecule has 2 aromatic rings. The summed E-state index contributed by atoms with van der Waals surface area (Å²) in [7, 11) is 1.68. The van der Waals surface area contributed by atoms with Crippen LogP contribution in [0.2, 0.25) is 0 Å². The number of anilines is 1. The third-order valence-corrected chi connectivity index (χ3v) is 4.93. The molecule has 5 nitrogen and oxygen atoms in total. The van der Waals surface area contributed by atoms with E-state index in [-0.39, 0.29) is 24.8 Å². The van der Waals surface area contributed by atoms with Gasteiger partial charge in [0.05, 0.1) is 7.11 Å². The molecular formula is C19H26Cl2N4O. The Balaban J connectivity index is 0.00000121. The van der Waals surface area contributed by atoms with E-state index in [1.165, 1.54) is 18.4 Å². The summed E-state index contributed by atoms with van der Waals surface area (Å²) in [5.74, 6) is 3.87. The maximum Gasteiger partial charge on any atom is 0.134 e. The van der Waals surface area contributed by atoms with E-state index in [2.05, 4.69) is 23.5 Å². The van der Waals surface area contributed by atoms with Crippen molar-refractivity contribution in [2.75, 3.05) is 12.4 Å². The molecule has 2 fully saturated rings. The van der Waals surface area contributed by atoms with Crippen molar-refractivity contribution >= 4 is 30.6 Å². The lowest BCUT2D eigenvalue weighted by molar-refractivity contribution is 0.344. The second kappa shape index (κ2) is 8.89. The Kier molecular flexibility index (Phi) is 7.09. The molecule has 0 aliphatic heterocycles. The van der Waals surface area contributed by atoms with Gasteiger partial charge >= 0.3 is 0 Å². The van der Waals surface area contributed by atoms with Gasteiger partial charge in [-0.3, -0.25) is 0 Å². The summed E-state index contributed by atoms with van der Waals surface area (Å²) in [6.45, 7) is 0.745. The first-order valence-electron chi connectivity index (χ1n) is 8.72. The number of hydrogen-bond acceptors (Lipinski definition) is 5. The molecule has 1 heterocycles. The molecule has 26 heavy (non-hydrogen) atoms. The second-order valence-corrected chi connectivity index (χ2v) is 6.94. The van der Waals surface area contributed by atoms with Crippen molar-refractivity contribution in [1.29, 1.82) is 0 Å². The number of nitrogens with one attached hydrogen (secondary N) is 1. The lowest BCUT2D eigenvalue weighted by Gasteiger charge is -2.32. The van der Waals surface area contributed by atoms with Crippen LogP contribution in [0.3, 0.4) is 0 Å². The molecule has 1 aromatic carbocycles. The van der Waals surface area contributed by atoms with Crippen molar-refractivity contribution in [2.45, 2.75) is 50.1 Å². The van der Waals surface area contributed by atoms with Gasteiger partial charge in [0.25, 0.3) is 0 Å². The highest BCUT2D eigenvalue weighted by molar-refractivity contribution is 5.85. The number of aromatic nitrogens is 2. The molecule has 2 aliphatic carbocycles. The van der Waals surface area contributed by atoms with Crippen LogP contribution in [-0.2, 0) is 6.54 Å². The van der Waals surface area contributed by atoms with Gasteiger partial charge in [-0.1, -0.05) is 12.1 Å². The lowest BCUT2D eigenvalue weighted by Crippen LogP contribution is -2.35. The Morgan fingerprint density at radius 3 is 2.35 bits per heavy atom. The molecule has 0 radical (unpaired) electrons. The van der Waals surface area contributed by atoms with Gasteiger partial charge in [0.1, 0.15) is 17.4 Å². The Labute approximate surface area is 167 Å². The van der Waals surface area contributed by atoms with Gasteiger partial charge in [-0.25, -0.2) is 9.97 Å². The molecule has 3 N–H and O–H groups in total. The van der Waals surface area contributed by atoms with Crippen LogP contribution < -0.4 is 15.8 Å². The van der Waals surface area contributed by atoms with E-state index in [0.29, 0.717) is 17.9 Å². The summed E-state index contributed by atoms with van der Waals surface area (Å²) >= 11 is 0. The quantitative estimate of drug-likeness (QED) is 0.770. The fraction of sp³-hybridized carbons (Fsp3) is 0.474. The van der Waals surface area contributed by atoms with Crippen molar-refractivity contribution in [3.05, 3.63) is 47.4 Å². The fourth-order valence-corrected chi connectivity index (χ4v) is 3.15. The molecule has 0 spiro atoms. The smallest absolute Gasteiger partial charge is 0.134 e. The van der Waals surface area contributed by atoms with E-state index < -0.39 is 0 Å². The number of benzene rings is 1. The van der Waals surface area contributed by atoms with Crippen LogP contribution in [0.5, 0.6) is 5.75 Å². The van der Waals surface area contributed by atoms with Gasteiger partial charge in [0.2, 0.25) is 0 Å². The summed E-state index contributed by atoms with van der Waals surface area (Å²) in [5, 5.41) is 3.45. The number of methoxy groups -OCH3 is 1. The van der Waals surface area contributed by atoms with E-state index in [9.17, 15) is 0 Å². The first-order valence-corrected chi connectivity index (χ1v) is 8.72. The molecule has 2 saturated carbocycles. The molecule has 142 valence electrons. The largest absolute Gasteiger partial charge is 0.497 e. The van der Waals surface area contributed by atoms with Gasteiger partial charge in [0.15, 0.2) is 0 Å².